The van der Waals surface area contributed by atoms with Crippen molar-refractivity contribution in [2.75, 3.05) is 0 Å². The first-order valence-corrected chi connectivity index (χ1v) is 7.24. The predicted molar refractivity (Wildman–Crippen MR) is 84.8 cm³/mol. The normalized spacial score (nSPS) is 11.1. The van der Waals surface area contributed by atoms with Gasteiger partial charge in [0, 0.05) is 28.7 Å². The molecule has 2 aromatic rings. The van der Waals surface area contributed by atoms with Gasteiger partial charge in [0.1, 0.15) is 5.76 Å². The molecule has 2 rings (SSSR count). The Kier molecular flexibility index (Phi) is 4.64. The molecule has 1 aromatic carbocycles. The summed E-state index contributed by atoms with van der Waals surface area (Å²) in [6.07, 6.45) is 1.54. The van der Waals surface area contributed by atoms with E-state index in [0.29, 0.717) is 11.4 Å². The second-order valence-corrected chi connectivity index (χ2v) is 5.74. The predicted octanol–water partition coefficient (Wildman–Crippen LogP) is 4.75. The van der Waals surface area contributed by atoms with E-state index in [1.807, 2.05) is 0 Å². The van der Waals surface area contributed by atoms with Crippen molar-refractivity contribution < 1.29 is 14.3 Å². The number of nitrogens with zero attached hydrogens (tertiary/aromatic N) is 1. The van der Waals surface area contributed by atoms with Gasteiger partial charge in [0.25, 0.3) is 0 Å². The molecule has 7 heteroatoms. The molecule has 0 saturated heterocycles. The monoisotopic (exact) mass is 453 g/mol. The van der Waals surface area contributed by atoms with Crippen molar-refractivity contribution in [3.8, 4) is 0 Å². The summed E-state index contributed by atoms with van der Waals surface area (Å²) in [7, 11) is 0. The van der Waals surface area contributed by atoms with Crippen LogP contribution in [0, 0.1) is 3.77 Å². The number of carboxylic acid groups (broad SMARTS) is 1. The molecule has 0 aliphatic rings. The molecule has 0 spiro atoms. The molecule has 1 aromatic heterocycles. The van der Waals surface area contributed by atoms with E-state index >= 15 is 0 Å². The van der Waals surface area contributed by atoms with Crippen LogP contribution in [-0.4, -0.2) is 17.3 Å². The van der Waals surface area contributed by atoms with E-state index in [9.17, 15) is 4.79 Å². The van der Waals surface area contributed by atoms with Crippen LogP contribution in [0.5, 0.6) is 0 Å². The molecule has 19 heavy (non-hydrogen) atoms. The SMILES string of the molecule is O=C(O)c1ccc(N=Cc2cc(Br)c(I)o2)cc1Cl. The van der Waals surface area contributed by atoms with E-state index in [1.54, 1.807) is 18.3 Å². The molecular formula is C12H6BrClINO3. The fraction of sp³-hybridized carbons (Fsp3) is 0. The second kappa shape index (κ2) is 6.06. The van der Waals surface area contributed by atoms with Crippen LogP contribution in [0.25, 0.3) is 0 Å². The third-order valence-corrected chi connectivity index (χ3v) is 4.63. The minimum absolute atomic E-state index is 0.0518. The molecule has 0 saturated carbocycles. The summed E-state index contributed by atoms with van der Waals surface area (Å²) in [5.41, 5.74) is 0.605. The van der Waals surface area contributed by atoms with Gasteiger partial charge in [0.05, 0.1) is 27.0 Å². The first-order chi connectivity index (χ1) is 8.97. The number of aromatic carboxylic acids is 1. The number of furan rings is 1. The number of benzene rings is 1. The van der Waals surface area contributed by atoms with Gasteiger partial charge >= 0.3 is 5.97 Å². The van der Waals surface area contributed by atoms with Gasteiger partial charge in [-0.25, -0.2) is 4.79 Å². The fourth-order valence-electron chi connectivity index (χ4n) is 1.32. The number of hydrogen-bond acceptors (Lipinski definition) is 3. The Bertz CT molecular complexity index is 649. The number of carboxylic acids is 1. The molecule has 1 heterocycles. The van der Waals surface area contributed by atoms with E-state index in [4.69, 9.17) is 21.1 Å². The lowest BCUT2D eigenvalue weighted by molar-refractivity contribution is 0.0697. The first-order valence-electron chi connectivity index (χ1n) is 4.99. The van der Waals surface area contributed by atoms with E-state index in [2.05, 4.69) is 43.5 Å². The van der Waals surface area contributed by atoms with Crippen molar-refractivity contribution in [3.63, 3.8) is 0 Å². The maximum Gasteiger partial charge on any atom is 0.337 e. The molecule has 0 amide bonds. The number of aliphatic imine (C=N–C) groups is 1. The van der Waals surface area contributed by atoms with E-state index in [1.165, 1.54) is 12.1 Å². The zero-order valence-electron chi connectivity index (χ0n) is 9.23. The Morgan fingerprint density at radius 3 is 2.74 bits per heavy atom. The Morgan fingerprint density at radius 2 is 2.21 bits per heavy atom. The van der Waals surface area contributed by atoms with Crippen LogP contribution in [0.4, 0.5) is 5.69 Å². The summed E-state index contributed by atoms with van der Waals surface area (Å²) >= 11 is 11.2. The average Bonchev–Trinajstić information content (AvgIpc) is 2.66. The molecule has 0 unspecified atom stereocenters. The minimum atomic E-state index is -1.06. The van der Waals surface area contributed by atoms with Crippen LogP contribution in [0.15, 0.2) is 38.1 Å². The highest BCUT2D eigenvalue weighted by atomic mass is 127. The molecule has 1 N–H and O–H groups in total. The minimum Gasteiger partial charge on any atom is -0.478 e. The summed E-state index contributed by atoms with van der Waals surface area (Å²) in [5.74, 6) is -0.472. The highest BCUT2D eigenvalue weighted by molar-refractivity contribution is 14.1. The summed E-state index contributed by atoms with van der Waals surface area (Å²) < 4.78 is 6.98. The standard InChI is InChI=1S/C12H6BrClINO3/c13-9-4-7(19-11(9)15)5-16-6-1-2-8(12(17)18)10(14)3-6/h1-5H,(H,17,18). The number of rotatable bonds is 3. The van der Waals surface area contributed by atoms with Crippen LogP contribution in [0.3, 0.4) is 0 Å². The van der Waals surface area contributed by atoms with Crippen molar-refractivity contribution in [2.45, 2.75) is 0 Å². The largest absolute Gasteiger partial charge is 0.478 e. The molecule has 0 bridgehead atoms. The van der Waals surface area contributed by atoms with Crippen molar-refractivity contribution >= 4 is 68.0 Å². The summed E-state index contributed by atoms with van der Waals surface area (Å²) in [6.45, 7) is 0. The van der Waals surface area contributed by atoms with Crippen molar-refractivity contribution in [1.29, 1.82) is 0 Å². The third-order valence-electron chi connectivity index (χ3n) is 2.19. The van der Waals surface area contributed by atoms with E-state index in [-0.39, 0.29) is 10.6 Å². The smallest absolute Gasteiger partial charge is 0.337 e. The van der Waals surface area contributed by atoms with Gasteiger partial charge in [0.15, 0.2) is 3.77 Å². The lowest BCUT2D eigenvalue weighted by Crippen LogP contribution is -1.96. The summed E-state index contributed by atoms with van der Waals surface area (Å²) in [6, 6.07) is 6.27. The van der Waals surface area contributed by atoms with Crippen LogP contribution in [0.1, 0.15) is 16.1 Å². The Morgan fingerprint density at radius 1 is 1.47 bits per heavy atom. The van der Waals surface area contributed by atoms with Crippen molar-refractivity contribution in [2.24, 2.45) is 4.99 Å². The molecule has 98 valence electrons. The number of carbonyl (C=O) groups is 1. The van der Waals surface area contributed by atoms with Crippen molar-refractivity contribution in [1.82, 2.24) is 0 Å². The maximum absolute atomic E-state index is 10.8. The fourth-order valence-corrected chi connectivity index (χ4v) is 2.30. The zero-order valence-corrected chi connectivity index (χ0v) is 13.7. The van der Waals surface area contributed by atoms with Gasteiger partial charge in [-0.1, -0.05) is 11.6 Å². The van der Waals surface area contributed by atoms with Crippen LogP contribution in [0.2, 0.25) is 5.02 Å². The molecule has 0 aliphatic heterocycles. The van der Waals surface area contributed by atoms with Gasteiger partial charge in [-0.15, -0.1) is 0 Å². The second-order valence-electron chi connectivity index (χ2n) is 3.50. The maximum atomic E-state index is 10.8. The Labute approximate surface area is 135 Å². The van der Waals surface area contributed by atoms with E-state index in [0.717, 1.165) is 8.24 Å². The molecule has 0 atom stereocenters. The molecule has 4 nitrogen and oxygen atoms in total. The number of halogens is 3. The lowest BCUT2D eigenvalue weighted by Gasteiger charge is -1.99. The quantitative estimate of drug-likeness (QED) is 0.538. The Balaban J connectivity index is 2.24. The van der Waals surface area contributed by atoms with Gasteiger partial charge < -0.3 is 9.52 Å². The summed E-state index contributed by atoms with van der Waals surface area (Å²) in [5, 5.41) is 9.00. The Hall–Kier alpha value is -0.860. The van der Waals surface area contributed by atoms with E-state index < -0.39 is 5.97 Å². The van der Waals surface area contributed by atoms with Crippen molar-refractivity contribution in [3.05, 3.63) is 48.9 Å². The first kappa shape index (κ1) is 14.5. The highest BCUT2D eigenvalue weighted by Gasteiger charge is 2.08. The zero-order chi connectivity index (χ0) is 14.0. The topological polar surface area (TPSA) is 62.8 Å². The molecular weight excluding hydrogens is 448 g/mol. The van der Waals surface area contributed by atoms with Crippen LogP contribution >= 0.6 is 50.1 Å². The van der Waals surface area contributed by atoms with Gasteiger partial charge in [-0.05, 0) is 34.1 Å². The third kappa shape index (κ3) is 3.58. The molecule has 0 fully saturated rings. The highest BCUT2D eigenvalue weighted by Crippen LogP contribution is 2.25. The van der Waals surface area contributed by atoms with Crippen LogP contribution < -0.4 is 0 Å². The van der Waals surface area contributed by atoms with Gasteiger partial charge in [-0.3, -0.25) is 4.99 Å². The molecule has 0 aliphatic carbocycles. The molecule has 0 radical (unpaired) electrons. The van der Waals surface area contributed by atoms with Crippen LogP contribution in [-0.2, 0) is 0 Å². The summed E-state index contributed by atoms with van der Waals surface area (Å²) in [4.78, 5) is 15.0. The lowest BCUT2D eigenvalue weighted by atomic mass is 10.2. The van der Waals surface area contributed by atoms with Gasteiger partial charge in [0.2, 0.25) is 0 Å². The van der Waals surface area contributed by atoms with Gasteiger partial charge in [-0.2, -0.15) is 0 Å². The average molecular weight is 454 g/mol. The number of hydrogen-bond donors (Lipinski definition) is 1.